The van der Waals surface area contributed by atoms with Gasteiger partial charge >= 0.3 is 0 Å². The number of oxazole rings is 1. The lowest BCUT2D eigenvalue weighted by Gasteiger charge is -2.30. The van der Waals surface area contributed by atoms with E-state index in [0.717, 1.165) is 49.8 Å². The molecule has 2 aliphatic carbocycles. The minimum Gasteiger partial charge on any atom is -0.438 e. The number of Topliss-reactive ketones (excluding diaryl/α,β-unsaturated/α-hetero) is 1. The Balaban J connectivity index is 1.34. The van der Waals surface area contributed by atoms with E-state index in [0.29, 0.717) is 42.7 Å². The number of hydrogen-bond acceptors (Lipinski definition) is 9. The minimum absolute atomic E-state index is 0.132. The van der Waals surface area contributed by atoms with Gasteiger partial charge < -0.3 is 9.32 Å². The van der Waals surface area contributed by atoms with Crippen LogP contribution in [-0.4, -0.2) is 53.7 Å². The van der Waals surface area contributed by atoms with Crippen molar-refractivity contribution in [2.24, 2.45) is 11.3 Å². The molecule has 0 radical (unpaired) electrons. The van der Waals surface area contributed by atoms with Gasteiger partial charge in [0.2, 0.25) is 5.82 Å². The summed E-state index contributed by atoms with van der Waals surface area (Å²) in [5.41, 5.74) is 2.02. The number of rotatable bonds is 7. The summed E-state index contributed by atoms with van der Waals surface area (Å²) in [5.74, 6) is 1.50. The molecule has 3 fully saturated rings. The van der Waals surface area contributed by atoms with Gasteiger partial charge in [-0.1, -0.05) is 25.0 Å². The fourth-order valence-corrected chi connectivity index (χ4v) is 7.07. The molecule has 2 atom stereocenters. The van der Waals surface area contributed by atoms with Gasteiger partial charge in [0, 0.05) is 55.0 Å². The number of carbonyl (C=O) groups is 1. The Bertz CT molecular complexity index is 1490. The lowest BCUT2D eigenvalue weighted by atomic mass is 9.73. The first-order valence-electron chi connectivity index (χ1n) is 13.6. The smallest absolute Gasteiger partial charge is 0.265 e. The van der Waals surface area contributed by atoms with Crippen LogP contribution >= 0.6 is 0 Å². The third-order valence-electron chi connectivity index (χ3n) is 8.38. The molecule has 1 saturated heterocycles. The number of nitriles is 1. The molecule has 6 rings (SSSR count). The van der Waals surface area contributed by atoms with Crippen molar-refractivity contribution in [2.45, 2.75) is 50.9 Å². The fraction of sp³-hybridized carbons (Fsp3) is 0.483. The van der Waals surface area contributed by atoms with Gasteiger partial charge in [-0.3, -0.25) is 4.79 Å². The number of aromatic nitrogens is 3. The number of hydrogen-bond donors (Lipinski definition) is 0. The van der Waals surface area contributed by atoms with Crippen molar-refractivity contribution in [1.29, 1.82) is 5.26 Å². The molecule has 2 saturated carbocycles. The molecule has 39 heavy (non-hydrogen) atoms. The van der Waals surface area contributed by atoms with Gasteiger partial charge in [-0.15, -0.1) is 0 Å². The van der Waals surface area contributed by atoms with Crippen LogP contribution in [0.5, 0.6) is 0 Å². The highest BCUT2D eigenvalue weighted by molar-refractivity contribution is 7.91. The third kappa shape index (κ3) is 5.33. The van der Waals surface area contributed by atoms with Crippen LogP contribution < -0.4 is 4.90 Å². The number of carbonyl (C=O) groups excluding carboxylic acids is 1. The van der Waals surface area contributed by atoms with E-state index in [-0.39, 0.29) is 29.1 Å². The standard InChI is InChI=1S/C29H31N5O4S/c30-19-29(10-11-29)18-24(35)22-4-1-2-5-23(22)26-25(33-28(38-26)27-31-12-3-13-32-27)20-6-8-21(9-7-20)34-14-16-39(36,37)17-15-34/h3,6-9,12-13,22-23H,1-2,4-5,10-11,14-18H2/t22-,23-/m1/s1. The predicted octanol–water partition coefficient (Wildman–Crippen LogP) is 4.57. The Morgan fingerprint density at radius 1 is 1.08 bits per heavy atom. The van der Waals surface area contributed by atoms with Gasteiger partial charge in [-0.25, -0.2) is 23.4 Å². The van der Waals surface area contributed by atoms with Crippen LogP contribution in [-0.2, 0) is 14.6 Å². The molecule has 3 heterocycles. The summed E-state index contributed by atoms with van der Waals surface area (Å²) >= 11 is 0. The maximum atomic E-state index is 13.5. The van der Waals surface area contributed by atoms with Crippen LogP contribution in [0, 0.1) is 22.7 Å². The second kappa shape index (κ2) is 10.2. The van der Waals surface area contributed by atoms with Crippen LogP contribution in [0.25, 0.3) is 23.0 Å². The van der Waals surface area contributed by atoms with Gasteiger partial charge in [0.1, 0.15) is 17.2 Å². The first-order chi connectivity index (χ1) is 18.9. The molecule has 9 nitrogen and oxygen atoms in total. The quantitative estimate of drug-likeness (QED) is 0.419. The van der Waals surface area contributed by atoms with Crippen molar-refractivity contribution in [3.63, 3.8) is 0 Å². The van der Waals surface area contributed by atoms with E-state index in [1.54, 1.807) is 18.5 Å². The van der Waals surface area contributed by atoms with Crippen molar-refractivity contribution in [3.8, 4) is 29.0 Å². The predicted molar refractivity (Wildman–Crippen MR) is 145 cm³/mol. The molecule has 1 aliphatic heterocycles. The summed E-state index contributed by atoms with van der Waals surface area (Å²) in [6.45, 7) is 0.949. The highest BCUT2D eigenvalue weighted by Gasteiger charge is 2.47. The summed E-state index contributed by atoms with van der Waals surface area (Å²) in [6.07, 6.45) is 8.75. The fourth-order valence-electron chi connectivity index (χ4n) is 5.87. The van der Waals surface area contributed by atoms with E-state index < -0.39 is 15.3 Å². The summed E-state index contributed by atoms with van der Waals surface area (Å²) in [4.78, 5) is 29.1. The summed E-state index contributed by atoms with van der Waals surface area (Å²) < 4.78 is 30.1. The molecule has 0 unspecified atom stereocenters. The molecule has 3 aromatic rings. The van der Waals surface area contributed by atoms with E-state index in [9.17, 15) is 18.5 Å². The molecule has 3 aliphatic rings. The summed E-state index contributed by atoms with van der Waals surface area (Å²) in [7, 11) is -2.96. The maximum Gasteiger partial charge on any atom is 0.265 e. The molecular weight excluding hydrogens is 514 g/mol. The third-order valence-corrected chi connectivity index (χ3v) is 9.99. The van der Waals surface area contributed by atoms with E-state index >= 15 is 0 Å². The zero-order chi connectivity index (χ0) is 27.0. The minimum atomic E-state index is -2.96. The number of nitrogens with zero attached hydrogens (tertiary/aromatic N) is 5. The topological polar surface area (TPSA) is 130 Å². The largest absolute Gasteiger partial charge is 0.438 e. The van der Waals surface area contributed by atoms with Gasteiger partial charge in [-0.05, 0) is 43.9 Å². The number of sulfone groups is 1. The number of benzene rings is 1. The van der Waals surface area contributed by atoms with E-state index in [1.807, 2.05) is 24.3 Å². The summed E-state index contributed by atoms with van der Waals surface area (Å²) in [6, 6.07) is 12.0. The van der Waals surface area contributed by atoms with Crippen LogP contribution in [0.15, 0.2) is 47.1 Å². The monoisotopic (exact) mass is 545 g/mol. The Morgan fingerprint density at radius 2 is 1.77 bits per heavy atom. The average molecular weight is 546 g/mol. The summed E-state index contributed by atoms with van der Waals surface area (Å²) in [5, 5.41) is 9.57. The van der Waals surface area contributed by atoms with Crippen LogP contribution in [0.1, 0.15) is 56.6 Å². The number of ketones is 1. The van der Waals surface area contributed by atoms with Gasteiger partial charge in [0.25, 0.3) is 5.89 Å². The molecule has 10 heteroatoms. The first-order valence-corrected chi connectivity index (χ1v) is 15.5. The van der Waals surface area contributed by atoms with Crippen molar-refractivity contribution in [1.82, 2.24) is 15.0 Å². The van der Waals surface area contributed by atoms with E-state index in [2.05, 4.69) is 20.9 Å². The van der Waals surface area contributed by atoms with Gasteiger partial charge in [0.05, 0.1) is 23.0 Å². The normalized spacial score (nSPS) is 23.6. The first kappa shape index (κ1) is 25.7. The highest BCUT2D eigenvalue weighted by atomic mass is 32.2. The Kier molecular flexibility index (Phi) is 6.71. The van der Waals surface area contributed by atoms with Crippen LogP contribution in [0.4, 0.5) is 5.69 Å². The van der Waals surface area contributed by atoms with E-state index in [4.69, 9.17) is 9.40 Å². The van der Waals surface area contributed by atoms with Gasteiger partial charge in [-0.2, -0.15) is 5.26 Å². The Hall–Kier alpha value is -3.58. The van der Waals surface area contributed by atoms with Crippen LogP contribution in [0.2, 0.25) is 0 Å². The van der Waals surface area contributed by atoms with Crippen molar-refractivity contribution >= 4 is 21.3 Å². The molecule has 1 aromatic carbocycles. The Labute approximate surface area is 228 Å². The number of anilines is 1. The zero-order valence-corrected chi connectivity index (χ0v) is 22.6. The molecular formula is C29H31N5O4S. The molecule has 2 aromatic heterocycles. The average Bonchev–Trinajstić information content (AvgIpc) is 3.60. The highest BCUT2D eigenvalue weighted by Crippen LogP contribution is 2.51. The molecule has 0 N–H and O–H groups in total. The van der Waals surface area contributed by atoms with Crippen LogP contribution in [0.3, 0.4) is 0 Å². The molecule has 0 amide bonds. The van der Waals surface area contributed by atoms with Crippen molar-refractivity contribution in [2.75, 3.05) is 29.5 Å². The lowest BCUT2D eigenvalue weighted by Crippen LogP contribution is -2.40. The van der Waals surface area contributed by atoms with Crippen molar-refractivity contribution in [3.05, 3.63) is 48.5 Å². The van der Waals surface area contributed by atoms with E-state index in [1.165, 1.54) is 0 Å². The second-order valence-corrected chi connectivity index (χ2v) is 13.3. The molecule has 202 valence electrons. The van der Waals surface area contributed by atoms with Crippen molar-refractivity contribution < 1.29 is 17.6 Å². The Morgan fingerprint density at radius 3 is 2.44 bits per heavy atom. The maximum absolute atomic E-state index is 13.5. The SMILES string of the molecule is N#CC1(CC(=O)[C@@H]2CCCC[C@H]2c2oc(-c3ncccn3)nc2-c2ccc(N3CCS(=O)(=O)CC3)cc2)CC1. The molecule has 0 spiro atoms. The zero-order valence-electron chi connectivity index (χ0n) is 21.8. The molecule has 0 bridgehead atoms. The second-order valence-electron chi connectivity index (χ2n) is 11.0. The lowest BCUT2D eigenvalue weighted by molar-refractivity contribution is -0.125. The van der Waals surface area contributed by atoms with Gasteiger partial charge in [0.15, 0.2) is 9.84 Å².